The predicted octanol–water partition coefficient (Wildman–Crippen LogP) is 11.0. The number of hydrogen-bond donors (Lipinski definition) is 1. The van der Waals surface area contributed by atoms with Crippen molar-refractivity contribution in [3.05, 3.63) is 71.4 Å². The van der Waals surface area contributed by atoms with E-state index >= 15 is 0 Å². The molecule has 0 amide bonds. The van der Waals surface area contributed by atoms with Crippen LogP contribution in [-0.2, 0) is 59.3 Å². The molecule has 0 saturated heterocycles. The third-order valence-electron chi connectivity index (χ3n) is 12.0. The lowest BCUT2D eigenvalue weighted by atomic mass is 9.87. The number of carbonyl (C=O) groups is 2. The number of ether oxygens (including phenoxy) is 7. The van der Waals surface area contributed by atoms with Crippen molar-refractivity contribution in [3.8, 4) is 34.4 Å². The molecule has 66 heavy (non-hydrogen) atoms. The van der Waals surface area contributed by atoms with Crippen LogP contribution in [0.2, 0.25) is 0 Å². The number of aromatic nitrogens is 2. The predicted molar refractivity (Wildman–Crippen MR) is 250 cm³/mol. The van der Waals surface area contributed by atoms with Crippen molar-refractivity contribution in [2.75, 3.05) is 27.4 Å². The van der Waals surface area contributed by atoms with Crippen LogP contribution in [0.4, 0.5) is 0 Å². The number of nitrogens with zero attached hydrogens (tertiary/aromatic N) is 2. The standard InChI is InChI=1S/C28H41NO6.C24H33NO6/c1-8-24-23(29-25(34-24)20-12-10-13-21(16-20)31-7)18-32-22-14-9-11-19(15-22)17-33-28(5,6)26(30)35-27(2,3)4;1-5-21-20(25-22(31-21)17-9-7-10-18(13-17)28-4)15-29-19-11-6-8-16(12-19)14-30-24(2,3)23(26)27/h10,12-13,16,19,22H,8-9,11,14-15,17-18H2,1-7H3;7,9-10,13,16,19H,5-6,8,11-12,14-15H2,1-4H3,(H,26,27)/t19-,22+;16-,19+/m11/s1. The Morgan fingerprint density at radius 2 is 1.11 bits per heavy atom. The van der Waals surface area contributed by atoms with Crippen LogP contribution >= 0.6 is 0 Å². The van der Waals surface area contributed by atoms with Crippen molar-refractivity contribution in [3.63, 3.8) is 0 Å². The van der Waals surface area contributed by atoms with Crippen molar-refractivity contribution in [2.45, 2.75) is 169 Å². The number of aryl methyl sites for hydroxylation is 2. The molecule has 0 unspecified atom stereocenters. The average molecular weight is 919 g/mol. The molecule has 2 aliphatic carbocycles. The van der Waals surface area contributed by atoms with Crippen molar-refractivity contribution < 1.29 is 56.7 Å². The highest BCUT2D eigenvalue weighted by atomic mass is 16.6. The lowest BCUT2D eigenvalue weighted by Crippen LogP contribution is -2.42. The van der Waals surface area contributed by atoms with Crippen LogP contribution in [0, 0.1) is 11.8 Å². The Labute approximate surface area is 391 Å². The number of esters is 1. The fourth-order valence-corrected chi connectivity index (χ4v) is 7.96. The van der Waals surface area contributed by atoms with Gasteiger partial charge >= 0.3 is 11.9 Å². The molecular formula is C52H74N2O12. The van der Waals surface area contributed by atoms with Gasteiger partial charge in [0.1, 0.15) is 40.0 Å². The molecular weight excluding hydrogens is 845 g/mol. The van der Waals surface area contributed by atoms with Crippen molar-refractivity contribution in [1.29, 1.82) is 0 Å². The third kappa shape index (κ3) is 15.4. The molecule has 2 saturated carbocycles. The molecule has 4 atom stereocenters. The largest absolute Gasteiger partial charge is 0.497 e. The molecule has 2 aromatic carbocycles. The Bertz CT molecular complexity index is 2150. The summed E-state index contributed by atoms with van der Waals surface area (Å²) in [5.74, 6) is 3.71. The molecule has 6 rings (SSSR count). The van der Waals surface area contributed by atoms with E-state index in [9.17, 15) is 14.7 Å². The van der Waals surface area contributed by atoms with Gasteiger partial charge in [-0.25, -0.2) is 19.6 Å². The van der Waals surface area contributed by atoms with Gasteiger partial charge in [0.05, 0.1) is 52.9 Å². The van der Waals surface area contributed by atoms with E-state index < -0.39 is 22.8 Å². The van der Waals surface area contributed by atoms with Crippen LogP contribution in [0.25, 0.3) is 22.9 Å². The summed E-state index contributed by atoms with van der Waals surface area (Å²) in [7, 11) is 3.28. The van der Waals surface area contributed by atoms with Crippen LogP contribution in [0.1, 0.15) is 137 Å². The zero-order valence-corrected chi connectivity index (χ0v) is 41.2. The lowest BCUT2D eigenvalue weighted by molar-refractivity contribution is -0.181. The summed E-state index contributed by atoms with van der Waals surface area (Å²) in [6.45, 7) is 18.2. The van der Waals surface area contributed by atoms with Crippen LogP contribution < -0.4 is 9.47 Å². The van der Waals surface area contributed by atoms with Crippen molar-refractivity contribution >= 4 is 11.9 Å². The van der Waals surface area contributed by atoms with E-state index in [1.807, 2.05) is 76.2 Å². The van der Waals surface area contributed by atoms with Gasteiger partial charge < -0.3 is 47.1 Å². The molecule has 2 fully saturated rings. The maximum absolute atomic E-state index is 12.5. The number of hydrogen-bond acceptors (Lipinski definition) is 13. The fraction of sp³-hybridized carbons (Fsp3) is 0.615. The van der Waals surface area contributed by atoms with Gasteiger partial charge in [0, 0.05) is 24.0 Å². The fourth-order valence-electron chi connectivity index (χ4n) is 7.96. The highest BCUT2D eigenvalue weighted by Gasteiger charge is 2.35. The Balaban J connectivity index is 0.000000249. The van der Waals surface area contributed by atoms with Crippen molar-refractivity contribution in [2.24, 2.45) is 11.8 Å². The molecule has 0 radical (unpaired) electrons. The summed E-state index contributed by atoms with van der Waals surface area (Å²) >= 11 is 0. The Morgan fingerprint density at radius 3 is 1.50 bits per heavy atom. The molecule has 2 heterocycles. The van der Waals surface area contributed by atoms with Gasteiger partial charge in [0.2, 0.25) is 11.8 Å². The van der Waals surface area contributed by atoms with Crippen LogP contribution in [-0.4, -0.2) is 83.5 Å². The van der Waals surface area contributed by atoms with Gasteiger partial charge in [0.15, 0.2) is 11.2 Å². The normalized spacial score (nSPS) is 19.1. The smallest absolute Gasteiger partial charge is 0.338 e. The lowest BCUT2D eigenvalue weighted by Gasteiger charge is -2.33. The first-order valence-corrected chi connectivity index (χ1v) is 23.6. The van der Waals surface area contributed by atoms with E-state index in [4.69, 9.17) is 47.0 Å². The highest BCUT2D eigenvalue weighted by molar-refractivity contribution is 5.79. The molecule has 2 aliphatic rings. The molecule has 1 N–H and O–H groups in total. The Hall–Kier alpha value is -4.76. The second-order valence-corrected chi connectivity index (χ2v) is 19.3. The number of methoxy groups -OCH3 is 2. The van der Waals surface area contributed by atoms with Crippen LogP contribution in [0.5, 0.6) is 11.5 Å². The van der Waals surface area contributed by atoms with E-state index in [1.54, 1.807) is 41.9 Å². The van der Waals surface area contributed by atoms with Crippen molar-refractivity contribution in [1.82, 2.24) is 9.97 Å². The van der Waals surface area contributed by atoms with Gasteiger partial charge in [0.25, 0.3) is 0 Å². The number of carboxylic acids is 1. The minimum atomic E-state index is -1.17. The summed E-state index contributed by atoms with van der Waals surface area (Å²) in [6, 6.07) is 15.4. The molecule has 4 aromatic rings. The number of benzene rings is 2. The Kier molecular flexibility index (Phi) is 18.8. The van der Waals surface area contributed by atoms with E-state index in [2.05, 4.69) is 11.9 Å². The van der Waals surface area contributed by atoms with E-state index in [-0.39, 0.29) is 18.2 Å². The van der Waals surface area contributed by atoms with Crippen LogP contribution in [0.15, 0.2) is 57.4 Å². The van der Waals surface area contributed by atoms with Gasteiger partial charge in [-0.2, -0.15) is 0 Å². The molecule has 0 spiro atoms. The summed E-state index contributed by atoms with van der Waals surface area (Å²) in [5.41, 5.74) is 0.742. The number of carboxylic acid groups (broad SMARTS) is 1. The molecule has 2 aromatic heterocycles. The maximum Gasteiger partial charge on any atom is 0.338 e. The molecule has 0 aliphatic heterocycles. The van der Waals surface area contributed by atoms with Crippen LogP contribution in [0.3, 0.4) is 0 Å². The quantitative estimate of drug-likeness (QED) is 0.0830. The third-order valence-corrected chi connectivity index (χ3v) is 12.0. The SMILES string of the molecule is CCc1oc(-c2cccc(OC)c2)nc1CO[C@H]1CCC[C@@H](COC(C)(C)C(=O)O)C1.CCc1oc(-c2cccc(OC)c2)nc1CO[C@H]1CCC[C@@H](COC(C)(C)C(=O)OC(C)(C)C)C1. The van der Waals surface area contributed by atoms with Gasteiger partial charge in [-0.05, 0) is 135 Å². The molecule has 14 heteroatoms. The Morgan fingerprint density at radius 1 is 0.667 bits per heavy atom. The average Bonchev–Trinajstić information content (AvgIpc) is 3.93. The number of carbonyl (C=O) groups excluding carboxylic acids is 1. The van der Waals surface area contributed by atoms with E-state index in [1.165, 1.54) is 0 Å². The topological polar surface area (TPSA) is 171 Å². The first-order valence-electron chi connectivity index (χ1n) is 23.6. The highest BCUT2D eigenvalue weighted by Crippen LogP contribution is 2.33. The second kappa shape index (κ2) is 23.8. The monoisotopic (exact) mass is 919 g/mol. The van der Waals surface area contributed by atoms with E-state index in [0.717, 1.165) is 110 Å². The number of oxazole rings is 2. The minimum absolute atomic E-state index is 0.108. The van der Waals surface area contributed by atoms with Gasteiger partial charge in [-0.1, -0.05) is 38.8 Å². The number of rotatable bonds is 20. The first-order chi connectivity index (χ1) is 31.3. The first kappa shape index (κ1) is 52.2. The second-order valence-electron chi connectivity index (χ2n) is 19.3. The summed E-state index contributed by atoms with van der Waals surface area (Å²) in [6.07, 6.45) is 9.67. The van der Waals surface area contributed by atoms with Gasteiger partial charge in [-0.15, -0.1) is 0 Å². The van der Waals surface area contributed by atoms with Gasteiger partial charge in [-0.3, -0.25) is 0 Å². The maximum atomic E-state index is 12.5. The molecule has 0 bridgehead atoms. The molecule has 14 nitrogen and oxygen atoms in total. The zero-order chi connectivity index (χ0) is 48.1. The summed E-state index contributed by atoms with van der Waals surface area (Å²) in [4.78, 5) is 33.1. The number of aliphatic carboxylic acids is 1. The zero-order valence-electron chi connectivity index (χ0n) is 41.2. The summed E-state index contributed by atoms with van der Waals surface area (Å²) in [5, 5.41) is 9.22. The molecule has 364 valence electrons. The summed E-state index contributed by atoms with van der Waals surface area (Å²) < 4.78 is 52.3. The van der Waals surface area contributed by atoms with E-state index in [0.29, 0.717) is 50.0 Å². The minimum Gasteiger partial charge on any atom is -0.497 e.